The van der Waals surface area contributed by atoms with Crippen LogP contribution in [0, 0.1) is 0 Å². The maximum atomic E-state index is 11.8. The van der Waals surface area contributed by atoms with Crippen molar-refractivity contribution in [2.45, 2.75) is 90.4 Å². The molecule has 1 fully saturated rings. The van der Waals surface area contributed by atoms with E-state index in [0.29, 0.717) is 5.88 Å². The standard InChI is InChI=1S/C19H31N3O3/c1-5-6-7-16-20-13-12-17(22-16)24-15-10-8-14(9-11-15)21-18(23)25-19(2,3)4/h12-15H,5-11H2,1-4H3,(H,21,23). The molecule has 1 aromatic heterocycles. The Morgan fingerprint density at radius 2 is 2.00 bits per heavy atom. The molecule has 1 heterocycles. The summed E-state index contributed by atoms with van der Waals surface area (Å²) in [5.74, 6) is 1.50. The molecule has 1 saturated carbocycles. The van der Waals surface area contributed by atoms with E-state index in [1.807, 2.05) is 26.8 Å². The van der Waals surface area contributed by atoms with Crippen LogP contribution in [0.5, 0.6) is 5.88 Å². The highest BCUT2D eigenvalue weighted by atomic mass is 16.6. The van der Waals surface area contributed by atoms with Crippen molar-refractivity contribution in [3.8, 4) is 5.88 Å². The van der Waals surface area contributed by atoms with E-state index in [4.69, 9.17) is 9.47 Å². The summed E-state index contributed by atoms with van der Waals surface area (Å²) in [6.45, 7) is 7.76. The van der Waals surface area contributed by atoms with Crippen LogP contribution in [-0.4, -0.2) is 33.8 Å². The molecule has 0 saturated heterocycles. The molecule has 6 heteroatoms. The van der Waals surface area contributed by atoms with E-state index in [9.17, 15) is 4.79 Å². The van der Waals surface area contributed by atoms with Crippen molar-refractivity contribution in [1.82, 2.24) is 15.3 Å². The van der Waals surface area contributed by atoms with Gasteiger partial charge in [0.05, 0.1) is 0 Å². The smallest absolute Gasteiger partial charge is 0.407 e. The van der Waals surface area contributed by atoms with Crippen molar-refractivity contribution >= 4 is 6.09 Å². The van der Waals surface area contributed by atoms with Crippen molar-refractivity contribution in [3.05, 3.63) is 18.1 Å². The van der Waals surface area contributed by atoms with Gasteiger partial charge in [-0.15, -0.1) is 0 Å². The lowest BCUT2D eigenvalue weighted by molar-refractivity contribution is 0.0469. The van der Waals surface area contributed by atoms with E-state index < -0.39 is 5.60 Å². The molecule has 1 aromatic rings. The van der Waals surface area contributed by atoms with Gasteiger partial charge in [0.2, 0.25) is 5.88 Å². The van der Waals surface area contributed by atoms with Crippen molar-refractivity contribution in [3.63, 3.8) is 0 Å². The molecule has 0 aromatic carbocycles. The molecular formula is C19H31N3O3. The number of hydrogen-bond acceptors (Lipinski definition) is 5. The fraction of sp³-hybridized carbons (Fsp3) is 0.737. The number of ether oxygens (including phenoxy) is 2. The summed E-state index contributed by atoms with van der Waals surface area (Å²) in [7, 11) is 0. The van der Waals surface area contributed by atoms with Gasteiger partial charge >= 0.3 is 6.09 Å². The minimum atomic E-state index is -0.465. The Balaban J connectivity index is 1.76. The van der Waals surface area contributed by atoms with Crippen LogP contribution in [0.1, 0.15) is 72.0 Å². The number of aryl methyl sites for hydroxylation is 1. The number of hydrogen-bond donors (Lipinski definition) is 1. The zero-order chi connectivity index (χ0) is 18.3. The molecule has 0 bridgehead atoms. The number of nitrogens with one attached hydrogen (secondary N) is 1. The third kappa shape index (κ3) is 7.28. The first kappa shape index (κ1) is 19.5. The van der Waals surface area contributed by atoms with Gasteiger partial charge in [-0.3, -0.25) is 0 Å². The second-order valence-electron chi connectivity index (χ2n) is 7.65. The van der Waals surface area contributed by atoms with Gasteiger partial charge in [-0.1, -0.05) is 13.3 Å². The topological polar surface area (TPSA) is 73.3 Å². The van der Waals surface area contributed by atoms with E-state index >= 15 is 0 Å². The first-order chi connectivity index (χ1) is 11.9. The summed E-state index contributed by atoms with van der Waals surface area (Å²) in [6.07, 6.45) is 8.25. The number of amides is 1. The van der Waals surface area contributed by atoms with E-state index in [1.54, 1.807) is 6.20 Å². The molecule has 0 radical (unpaired) electrons. The van der Waals surface area contributed by atoms with Crippen LogP contribution in [0.15, 0.2) is 12.3 Å². The predicted molar refractivity (Wildman–Crippen MR) is 96.7 cm³/mol. The Kier molecular flexibility index (Phi) is 7.02. The third-order valence-corrected chi connectivity index (χ3v) is 4.12. The lowest BCUT2D eigenvalue weighted by Crippen LogP contribution is -2.42. The summed E-state index contributed by atoms with van der Waals surface area (Å²) in [5.41, 5.74) is -0.465. The molecule has 0 spiro atoms. The first-order valence-corrected chi connectivity index (χ1v) is 9.34. The second kappa shape index (κ2) is 9.02. The van der Waals surface area contributed by atoms with E-state index in [2.05, 4.69) is 22.2 Å². The fourth-order valence-electron chi connectivity index (χ4n) is 2.87. The van der Waals surface area contributed by atoms with Crippen molar-refractivity contribution in [2.24, 2.45) is 0 Å². The average molecular weight is 349 g/mol. The molecule has 0 unspecified atom stereocenters. The summed E-state index contributed by atoms with van der Waals surface area (Å²) in [6, 6.07) is 1.97. The molecule has 6 nitrogen and oxygen atoms in total. The van der Waals surface area contributed by atoms with Gasteiger partial charge in [-0.2, -0.15) is 4.98 Å². The van der Waals surface area contributed by atoms with Crippen LogP contribution in [-0.2, 0) is 11.2 Å². The Bertz CT molecular complexity index is 549. The molecule has 1 N–H and O–H groups in total. The number of unbranched alkanes of at least 4 members (excludes halogenated alkanes) is 1. The minimum absolute atomic E-state index is 0.144. The van der Waals surface area contributed by atoms with Gasteiger partial charge in [0.15, 0.2) is 0 Å². The SMILES string of the molecule is CCCCc1nccc(OC2CCC(NC(=O)OC(C)(C)C)CC2)n1. The Morgan fingerprint density at radius 1 is 1.28 bits per heavy atom. The van der Waals surface area contributed by atoms with Crippen LogP contribution in [0.2, 0.25) is 0 Å². The molecular weight excluding hydrogens is 318 g/mol. The summed E-state index contributed by atoms with van der Waals surface area (Å²) < 4.78 is 11.3. The highest BCUT2D eigenvalue weighted by Crippen LogP contribution is 2.23. The zero-order valence-corrected chi connectivity index (χ0v) is 15.9. The molecule has 2 rings (SSSR count). The first-order valence-electron chi connectivity index (χ1n) is 9.34. The fourth-order valence-corrected chi connectivity index (χ4v) is 2.87. The summed E-state index contributed by atoms with van der Waals surface area (Å²) in [5, 5.41) is 2.95. The normalized spacial score (nSPS) is 20.8. The van der Waals surface area contributed by atoms with Crippen LogP contribution in [0.3, 0.4) is 0 Å². The molecule has 1 amide bonds. The number of rotatable bonds is 6. The van der Waals surface area contributed by atoms with E-state index in [0.717, 1.165) is 50.8 Å². The quantitative estimate of drug-likeness (QED) is 0.839. The van der Waals surface area contributed by atoms with Gasteiger partial charge in [0, 0.05) is 24.7 Å². The lowest BCUT2D eigenvalue weighted by atomic mass is 9.93. The maximum absolute atomic E-state index is 11.8. The molecule has 1 aliphatic rings. The van der Waals surface area contributed by atoms with Gasteiger partial charge in [0.1, 0.15) is 17.5 Å². The molecule has 140 valence electrons. The Morgan fingerprint density at radius 3 is 2.64 bits per heavy atom. The predicted octanol–water partition coefficient (Wildman–Crippen LogP) is 4.03. The lowest BCUT2D eigenvalue weighted by Gasteiger charge is -2.30. The van der Waals surface area contributed by atoms with Crippen molar-refractivity contribution in [1.29, 1.82) is 0 Å². The molecule has 0 aliphatic heterocycles. The monoisotopic (exact) mass is 349 g/mol. The van der Waals surface area contributed by atoms with Crippen LogP contribution in [0.4, 0.5) is 4.79 Å². The third-order valence-electron chi connectivity index (χ3n) is 4.12. The Labute approximate surface area is 150 Å². The highest BCUT2D eigenvalue weighted by molar-refractivity contribution is 5.68. The van der Waals surface area contributed by atoms with Gasteiger partial charge in [-0.25, -0.2) is 9.78 Å². The van der Waals surface area contributed by atoms with Crippen LogP contribution < -0.4 is 10.1 Å². The summed E-state index contributed by atoms with van der Waals surface area (Å²) in [4.78, 5) is 20.6. The zero-order valence-electron chi connectivity index (χ0n) is 15.9. The van der Waals surface area contributed by atoms with E-state index in [-0.39, 0.29) is 18.2 Å². The number of nitrogens with zero attached hydrogens (tertiary/aromatic N) is 2. The average Bonchev–Trinajstić information content (AvgIpc) is 2.53. The second-order valence-corrected chi connectivity index (χ2v) is 7.65. The summed E-state index contributed by atoms with van der Waals surface area (Å²) >= 11 is 0. The van der Waals surface area contributed by atoms with E-state index in [1.165, 1.54) is 0 Å². The molecule has 1 aliphatic carbocycles. The molecule has 25 heavy (non-hydrogen) atoms. The number of alkyl carbamates (subject to hydrolysis) is 1. The van der Waals surface area contributed by atoms with Gasteiger partial charge in [-0.05, 0) is 52.9 Å². The van der Waals surface area contributed by atoms with Gasteiger partial charge < -0.3 is 14.8 Å². The van der Waals surface area contributed by atoms with Crippen LogP contribution >= 0.6 is 0 Å². The largest absolute Gasteiger partial charge is 0.474 e. The number of aromatic nitrogens is 2. The maximum Gasteiger partial charge on any atom is 0.407 e. The highest BCUT2D eigenvalue weighted by Gasteiger charge is 2.25. The number of carbonyl (C=O) groups is 1. The van der Waals surface area contributed by atoms with Gasteiger partial charge in [0.25, 0.3) is 0 Å². The number of carbonyl (C=O) groups excluding carboxylic acids is 1. The Hall–Kier alpha value is -1.85. The minimum Gasteiger partial charge on any atom is -0.474 e. The molecule has 0 atom stereocenters. The van der Waals surface area contributed by atoms with Crippen LogP contribution in [0.25, 0.3) is 0 Å². The van der Waals surface area contributed by atoms with Crippen molar-refractivity contribution < 1.29 is 14.3 Å². The van der Waals surface area contributed by atoms with Crippen molar-refractivity contribution in [2.75, 3.05) is 0 Å².